The normalized spacial score (nSPS) is 20.5. The van der Waals surface area contributed by atoms with Gasteiger partial charge in [-0.15, -0.1) is 0 Å². The highest BCUT2D eigenvalue weighted by molar-refractivity contribution is 9.09. The summed E-state index contributed by atoms with van der Waals surface area (Å²) in [5, 5.41) is 0.955. The van der Waals surface area contributed by atoms with E-state index in [0.717, 1.165) is 44.2 Å². The Hall–Kier alpha value is -0.0900. The minimum absolute atomic E-state index is 0.242. The molecule has 88 valence electrons. The summed E-state index contributed by atoms with van der Waals surface area (Å²) in [4.78, 5) is 13.5. The van der Waals surface area contributed by atoms with Gasteiger partial charge >= 0.3 is 0 Å². The molecule has 1 atom stereocenters. The SMILES string of the molecule is CN(CCCBr)C(=O)CCC1CCCO1. The molecular weight excluding hydrogens is 258 g/mol. The third-order valence-electron chi connectivity index (χ3n) is 2.76. The van der Waals surface area contributed by atoms with E-state index in [4.69, 9.17) is 4.74 Å². The lowest BCUT2D eigenvalue weighted by molar-refractivity contribution is -0.130. The second kappa shape index (κ2) is 7.23. The first-order chi connectivity index (χ1) is 7.24. The summed E-state index contributed by atoms with van der Waals surface area (Å²) in [6.45, 7) is 1.72. The van der Waals surface area contributed by atoms with Crippen LogP contribution in [0.2, 0.25) is 0 Å². The smallest absolute Gasteiger partial charge is 0.222 e. The van der Waals surface area contributed by atoms with E-state index >= 15 is 0 Å². The molecule has 3 nitrogen and oxygen atoms in total. The van der Waals surface area contributed by atoms with Gasteiger partial charge in [0.25, 0.3) is 0 Å². The van der Waals surface area contributed by atoms with Crippen molar-refractivity contribution in [1.82, 2.24) is 4.90 Å². The Morgan fingerprint density at radius 3 is 3.00 bits per heavy atom. The Labute approximate surface area is 100 Å². The molecule has 0 aliphatic carbocycles. The second-order valence-corrected chi connectivity index (χ2v) is 4.82. The quantitative estimate of drug-likeness (QED) is 0.697. The maximum atomic E-state index is 11.7. The van der Waals surface area contributed by atoms with Gasteiger partial charge < -0.3 is 9.64 Å². The fourth-order valence-electron chi connectivity index (χ4n) is 1.77. The molecule has 15 heavy (non-hydrogen) atoms. The van der Waals surface area contributed by atoms with Gasteiger partial charge in [0.15, 0.2) is 0 Å². The van der Waals surface area contributed by atoms with Crippen molar-refractivity contribution in [2.45, 2.75) is 38.2 Å². The molecule has 0 bridgehead atoms. The van der Waals surface area contributed by atoms with Gasteiger partial charge in [-0.3, -0.25) is 4.79 Å². The van der Waals surface area contributed by atoms with Crippen LogP contribution in [-0.2, 0) is 9.53 Å². The zero-order valence-corrected chi connectivity index (χ0v) is 11.0. The highest BCUT2D eigenvalue weighted by Crippen LogP contribution is 2.17. The first-order valence-corrected chi connectivity index (χ1v) is 6.77. The Morgan fingerprint density at radius 2 is 2.40 bits per heavy atom. The van der Waals surface area contributed by atoms with Crippen LogP contribution in [0.1, 0.15) is 32.1 Å². The summed E-state index contributed by atoms with van der Waals surface area (Å²) in [6, 6.07) is 0. The van der Waals surface area contributed by atoms with E-state index in [2.05, 4.69) is 15.9 Å². The minimum atomic E-state index is 0.242. The van der Waals surface area contributed by atoms with Crippen molar-refractivity contribution in [3.63, 3.8) is 0 Å². The molecule has 0 aromatic rings. The molecule has 0 aromatic carbocycles. The van der Waals surface area contributed by atoms with Gasteiger partial charge in [-0.1, -0.05) is 15.9 Å². The lowest BCUT2D eigenvalue weighted by Gasteiger charge is -2.17. The lowest BCUT2D eigenvalue weighted by atomic mass is 10.1. The molecule has 1 heterocycles. The Bertz CT molecular complexity index is 193. The monoisotopic (exact) mass is 277 g/mol. The van der Waals surface area contributed by atoms with Crippen LogP contribution >= 0.6 is 15.9 Å². The largest absolute Gasteiger partial charge is 0.378 e. The molecule has 0 spiro atoms. The van der Waals surface area contributed by atoms with E-state index in [1.165, 1.54) is 0 Å². The maximum Gasteiger partial charge on any atom is 0.222 e. The Morgan fingerprint density at radius 1 is 1.60 bits per heavy atom. The predicted molar refractivity (Wildman–Crippen MR) is 64.3 cm³/mol. The Balaban J connectivity index is 2.11. The highest BCUT2D eigenvalue weighted by atomic mass is 79.9. The number of nitrogens with zero attached hydrogens (tertiary/aromatic N) is 1. The number of ether oxygens (including phenoxy) is 1. The molecule has 1 amide bonds. The molecule has 0 aromatic heterocycles. The average Bonchev–Trinajstić information content (AvgIpc) is 2.75. The predicted octanol–water partition coefficient (Wildman–Crippen LogP) is 2.19. The molecule has 1 saturated heterocycles. The standard InChI is InChI=1S/C11H20BrNO2/c1-13(8-3-7-12)11(14)6-5-10-4-2-9-15-10/h10H,2-9H2,1H3. The number of hydrogen-bond acceptors (Lipinski definition) is 2. The number of alkyl halides is 1. The van der Waals surface area contributed by atoms with Crippen LogP contribution in [0.25, 0.3) is 0 Å². The van der Waals surface area contributed by atoms with Gasteiger partial charge in [-0.25, -0.2) is 0 Å². The van der Waals surface area contributed by atoms with Gasteiger partial charge in [0, 0.05) is 32.0 Å². The third-order valence-corrected chi connectivity index (χ3v) is 3.32. The van der Waals surface area contributed by atoms with Crippen LogP contribution in [0, 0.1) is 0 Å². The van der Waals surface area contributed by atoms with Crippen molar-refractivity contribution >= 4 is 21.8 Å². The molecule has 0 N–H and O–H groups in total. The first-order valence-electron chi connectivity index (χ1n) is 5.65. The highest BCUT2D eigenvalue weighted by Gasteiger charge is 2.17. The fraction of sp³-hybridized carbons (Fsp3) is 0.909. The first kappa shape index (κ1) is 13.0. The molecule has 0 radical (unpaired) electrons. The number of carbonyl (C=O) groups excluding carboxylic acids is 1. The number of amides is 1. The van der Waals surface area contributed by atoms with Gasteiger partial charge in [0.1, 0.15) is 0 Å². The minimum Gasteiger partial charge on any atom is -0.378 e. The van der Waals surface area contributed by atoms with E-state index in [-0.39, 0.29) is 5.91 Å². The molecular formula is C11H20BrNO2. The average molecular weight is 278 g/mol. The lowest BCUT2D eigenvalue weighted by Crippen LogP contribution is -2.28. The molecule has 1 rings (SSSR count). The summed E-state index contributed by atoms with van der Waals surface area (Å²) in [5.74, 6) is 0.242. The van der Waals surface area contributed by atoms with Crippen molar-refractivity contribution in [1.29, 1.82) is 0 Å². The number of halogens is 1. The molecule has 1 fully saturated rings. The van der Waals surface area contributed by atoms with E-state index in [0.29, 0.717) is 12.5 Å². The van der Waals surface area contributed by atoms with E-state index in [1.54, 1.807) is 0 Å². The van der Waals surface area contributed by atoms with E-state index in [9.17, 15) is 4.79 Å². The van der Waals surface area contributed by atoms with Crippen molar-refractivity contribution in [3.05, 3.63) is 0 Å². The van der Waals surface area contributed by atoms with E-state index < -0.39 is 0 Å². The van der Waals surface area contributed by atoms with Gasteiger partial charge in [-0.05, 0) is 25.7 Å². The molecule has 1 aliphatic rings. The Kier molecular flexibility index (Phi) is 6.25. The zero-order chi connectivity index (χ0) is 11.1. The van der Waals surface area contributed by atoms with Gasteiger partial charge in [0.2, 0.25) is 5.91 Å². The van der Waals surface area contributed by atoms with Crippen LogP contribution in [0.4, 0.5) is 0 Å². The third kappa shape index (κ3) is 4.98. The number of rotatable bonds is 6. The molecule has 1 aliphatic heterocycles. The number of hydrogen-bond donors (Lipinski definition) is 0. The van der Waals surface area contributed by atoms with Gasteiger partial charge in [-0.2, -0.15) is 0 Å². The van der Waals surface area contributed by atoms with E-state index in [1.807, 2.05) is 11.9 Å². The van der Waals surface area contributed by atoms with Crippen molar-refractivity contribution < 1.29 is 9.53 Å². The van der Waals surface area contributed by atoms with Crippen LogP contribution in [0.3, 0.4) is 0 Å². The van der Waals surface area contributed by atoms with Gasteiger partial charge in [0.05, 0.1) is 6.10 Å². The van der Waals surface area contributed by atoms with Crippen molar-refractivity contribution in [2.75, 3.05) is 25.5 Å². The summed E-state index contributed by atoms with van der Waals surface area (Å²) in [5.41, 5.74) is 0. The summed E-state index contributed by atoms with van der Waals surface area (Å²) >= 11 is 3.36. The fourth-order valence-corrected chi connectivity index (χ4v) is 2.02. The zero-order valence-electron chi connectivity index (χ0n) is 9.38. The topological polar surface area (TPSA) is 29.5 Å². The van der Waals surface area contributed by atoms with Crippen LogP contribution in [0.5, 0.6) is 0 Å². The molecule has 1 unspecified atom stereocenters. The van der Waals surface area contributed by atoms with Crippen LogP contribution in [0.15, 0.2) is 0 Å². The maximum absolute atomic E-state index is 11.7. The van der Waals surface area contributed by atoms with Crippen molar-refractivity contribution in [2.24, 2.45) is 0 Å². The van der Waals surface area contributed by atoms with Crippen molar-refractivity contribution in [3.8, 4) is 0 Å². The summed E-state index contributed by atoms with van der Waals surface area (Å²) in [6.07, 6.45) is 5.14. The van der Waals surface area contributed by atoms with Crippen LogP contribution in [-0.4, -0.2) is 42.4 Å². The molecule has 4 heteroatoms. The summed E-state index contributed by atoms with van der Waals surface area (Å²) in [7, 11) is 1.88. The molecule has 0 saturated carbocycles. The summed E-state index contributed by atoms with van der Waals surface area (Å²) < 4.78 is 5.49. The van der Waals surface area contributed by atoms with Crippen LogP contribution < -0.4 is 0 Å². The second-order valence-electron chi connectivity index (χ2n) is 4.03. The number of carbonyl (C=O) groups is 1.